The Bertz CT molecular complexity index is 1060. The van der Waals surface area contributed by atoms with Crippen molar-refractivity contribution < 1.29 is 9.53 Å². The standard InChI is InChI=1S/C25H31N3O3/c1-4-26-23(29)14-22-19-13-24(30)28(2)15-21(19)18-11-10-17(31-3)12-20(18)25(27-22)16-8-6-5-7-9-16/h10-13,15-16,22H,4-9,14H2,1-3H3,(H,26,29)/t22-/m0/s1. The number of ether oxygens (including phenoxy) is 1. The lowest BCUT2D eigenvalue weighted by Crippen LogP contribution is -2.26. The fourth-order valence-corrected chi connectivity index (χ4v) is 4.85. The van der Waals surface area contributed by atoms with Crippen LogP contribution in [0.15, 0.2) is 40.2 Å². The molecule has 1 saturated carbocycles. The molecule has 1 amide bonds. The summed E-state index contributed by atoms with van der Waals surface area (Å²) in [4.78, 5) is 30.3. The van der Waals surface area contributed by atoms with Gasteiger partial charge in [0.15, 0.2) is 0 Å². The molecule has 6 nitrogen and oxygen atoms in total. The molecule has 1 aliphatic heterocycles. The highest BCUT2D eigenvalue weighted by molar-refractivity contribution is 6.09. The first-order valence-electron chi connectivity index (χ1n) is 11.3. The number of hydrogen-bond donors (Lipinski definition) is 1. The molecular weight excluding hydrogens is 390 g/mol. The van der Waals surface area contributed by atoms with Gasteiger partial charge in [-0.1, -0.05) is 19.3 Å². The number of aryl methyl sites for hydroxylation is 1. The normalized spacial score (nSPS) is 18.4. The van der Waals surface area contributed by atoms with Crippen LogP contribution in [-0.4, -0.2) is 29.8 Å². The van der Waals surface area contributed by atoms with E-state index in [9.17, 15) is 9.59 Å². The number of methoxy groups -OCH3 is 1. The van der Waals surface area contributed by atoms with Crippen molar-refractivity contribution in [2.24, 2.45) is 18.0 Å². The monoisotopic (exact) mass is 421 g/mol. The van der Waals surface area contributed by atoms with Gasteiger partial charge in [0.25, 0.3) is 5.56 Å². The Balaban J connectivity index is 1.94. The van der Waals surface area contributed by atoms with Crippen molar-refractivity contribution in [2.75, 3.05) is 13.7 Å². The average molecular weight is 422 g/mol. The molecule has 0 unspecified atom stereocenters. The van der Waals surface area contributed by atoms with Crippen LogP contribution < -0.4 is 15.6 Å². The Hall–Kier alpha value is -2.89. The van der Waals surface area contributed by atoms with E-state index in [4.69, 9.17) is 9.73 Å². The second kappa shape index (κ2) is 9.08. The molecule has 2 heterocycles. The zero-order valence-electron chi connectivity index (χ0n) is 18.6. The van der Waals surface area contributed by atoms with Gasteiger partial charge in [-0.2, -0.15) is 0 Å². The molecule has 4 rings (SSSR count). The third kappa shape index (κ3) is 4.29. The van der Waals surface area contributed by atoms with Gasteiger partial charge < -0.3 is 14.6 Å². The minimum absolute atomic E-state index is 0.0468. The first-order valence-corrected chi connectivity index (χ1v) is 11.3. The Kier molecular flexibility index (Phi) is 6.25. The summed E-state index contributed by atoms with van der Waals surface area (Å²) in [7, 11) is 3.43. The Labute approximate surface area is 183 Å². The van der Waals surface area contributed by atoms with E-state index in [1.807, 2.05) is 19.2 Å². The van der Waals surface area contributed by atoms with Crippen molar-refractivity contribution in [3.63, 3.8) is 0 Å². The van der Waals surface area contributed by atoms with Crippen LogP contribution in [0.1, 0.15) is 62.6 Å². The Morgan fingerprint density at radius 3 is 2.65 bits per heavy atom. The molecule has 2 aliphatic rings. The third-order valence-electron chi connectivity index (χ3n) is 6.45. The predicted octanol–water partition coefficient (Wildman–Crippen LogP) is 4.01. The fraction of sp³-hybridized carbons (Fsp3) is 0.480. The van der Waals surface area contributed by atoms with Gasteiger partial charge in [-0.25, -0.2) is 0 Å². The molecule has 1 atom stereocenters. The first-order chi connectivity index (χ1) is 15.0. The molecule has 1 N–H and O–H groups in total. The number of benzene rings is 1. The van der Waals surface area contributed by atoms with E-state index in [1.165, 1.54) is 19.3 Å². The number of nitrogens with one attached hydrogen (secondary N) is 1. The highest BCUT2D eigenvalue weighted by atomic mass is 16.5. The Morgan fingerprint density at radius 2 is 1.94 bits per heavy atom. The summed E-state index contributed by atoms with van der Waals surface area (Å²) in [6.07, 6.45) is 7.95. The van der Waals surface area contributed by atoms with Crippen LogP contribution in [0.2, 0.25) is 0 Å². The van der Waals surface area contributed by atoms with Crippen molar-refractivity contribution in [1.82, 2.24) is 9.88 Å². The lowest BCUT2D eigenvalue weighted by Gasteiger charge is -2.25. The van der Waals surface area contributed by atoms with Crippen LogP contribution in [0.5, 0.6) is 5.75 Å². The maximum Gasteiger partial charge on any atom is 0.250 e. The number of rotatable bonds is 5. The van der Waals surface area contributed by atoms with Gasteiger partial charge in [-0.05, 0) is 49.1 Å². The van der Waals surface area contributed by atoms with E-state index in [0.29, 0.717) is 12.5 Å². The minimum Gasteiger partial charge on any atom is -0.497 e. The molecule has 2 aromatic rings. The van der Waals surface area contributed by atoms with E-state index in [1.54, 1.807) is 24.8 Å². The number of carbonyl (C=O) groups is 1. The zero-order chi connectivity index (χ0) is 22.0. The van der Waals surface area contributed by atoms with E-state index in [-0.39, 0.29) is 23.9 Å². The molecule has 1 aliphatic carbocycles. The molecule has 0 bridgehead atoms. The smallest absolute Gasteiger partial charge is 0.250 e. The summed E-state index contributed by atoms with van der Waals surface area (Å²) in [6, 6.07) is 7.35. The van der Waals surface area contributed by atoms with Crippen LogP contribution in [0, 0.1) is 5.92 Å². The van der Waals surface area contributed by atoms with Gasteiger partial charge >= 0.3 is 0 Å². The average Bonchev–Trinajstić information content (AvgIpc) is 2.90. The first kappa shape index (κ1) is 21.3. The topological polar surface area (TPSA) is 72.7 Å². The van der Waals surface area contributed by atoms with E-state index >= 15 is 0 Å². The number of nitrogens with zero attached hydrogens (tertiary/aromatic N) is 2. The summed E-state index contributed by atoms with van der Waals surface area (Å²) >= 11 is 0. The van der Waals surface area contributed by atoms with Gasteiger partial charge in [-0.3, -0.25) is 14.6 Å². The largest absolute Gasteiger partial charge is 0.497 e. The fourth-order valence-electron chi connectivity index (χ4n) is 4.85. The third-order valence-corrected chi connectivity index (χ3v) is 6.45. The van der Waals surface area contributed by atoms with Crippen LogP contribution in [-0.2, 0) is 11.8 Å². The predicted molar refractivity (Wildman–Crippen MR) is 123 cm³/mol. The number of hydrogen-bond acceptors (Lipinski definition) is 4. The van der Waals surface area contributed by atoms with Gasteiger partial charge in [0, 0.05) is 48.6 Å². The molecule has 1 aromatic heterocycles. The highest BCUT2D eigenvalue weighted by Gasteiger charge is 2.31. The number of carbonyl (C=O) groups excluding carboxylic acids is 1. The van der Waals surface area contributed by atoms with Crippen LogP contribution >= 0.6 is 0 Å². The molecule has 0 saturated heterocycles. The van der Waals surface area contributed by atoms with Crippen molar-refractivity contribution in [3.05, 3.63) is 51.9 Å². The molecule has 6 heteroatoms. The number of aliphatic imine (C=N–C) groups is 1. The highest BCUT2D eigenvalue weighted by Crippen LogP contribution is 2.41. The minimum atomic E-state index is -0.384. The molecule has 0 spiro atoms. The molecule has 31 heavy (non-hydrogen) atoms. The molecule has 1 aromatic carbocycles. The quantitative estimate of drug-likeness (QED) is 0.793. The zero-order valence-corrected chi connectivity index (χ0v) is 18.6. The second-order valence-corrected chi connectivity index (χ2v) is 8.53. The molecular formula is C25H31N3O3. The molecule has 1 fully saturated rings. The van der Waals surface area contributed by atoms with Crippen molar-refractivity contribution >= 4 is 11.6 Å². The van der Waals surface area contributed by atoms with Gasteiger partial charge in [-0.15, -0.1) is 0 Å². The van der Waals surface area contributed by atoms with E-state index in [0.717, 1.165) is 46.6 Å². The van der Waals surface area contributed by atoms with E-state index < -0.39 is 0 Å². The van der Waals surface area contributed by atoms with Crippen molar-refractivity contribution in [2.45, 2.75) is 51.5 Å². The number of aromatic nitrogens is 1. The summed E-state index contributed by atoms with van der Waals surface area (Å²) in [5.41, 5.74) is 4.86. The summed E-state index contributed by atoms with van der Waals surface area (Å²) in [6.45, 7) is 2.49. The van der Waals surface area contributed by atoms with Crippen molar-refractivity contribution in [3.8, 4) is 16.9 Å². The van der Waals surface area contributed by atoms with Crippen LogP contribution in [0.4, 0.5) is 0 Å². The summed E-state index contributed by atoms with van der Waals surface area (Å²) < 4.78 is 7.14. The van der Waals surface area contributed by atoms with Crippen LogP contribution in [0.3, 0.4) is 0 Å². The number of amides is 1. The summed E-state index contributed by atoms with van der Waals surface area (Å²) in [5.74, 6) is 1.09. The SMILES string of the molecule is CCNC(=O)C[C@@H]1N=C(C2CCCCC2)c2cc(OC)ccc2-c2cn(C)c(=O)cc21. The second-order valence-electron chi connectivity index (χ2n) is 8.53. The van der Waals surface area contributed by atoms with Crippen LogP contribution in [0.25, 0.3) is 11.1 Å². The maximum atomic E-state index is 12.6. The lowest BCUT2D eigenvalue weighted by atomic mass is 9.81. The van der Waals surface area contributed by atoms with Crippen molar-refractivity contribution in [1.29, 1.82) is 0 Å². The van der Waals surface area contributed by atoms with Gasteiger partial charge in [0.2, 0.25) is 5.91 Å². The molecule has 0 radical (unpaired) electrons. The number of fused-ring (bicyclic) bond motifs is 3. The van der Waals surface area contributed by atoms with Gasteiger partial charge in [0.05, 0.1) is 19.6 Å². The summed E-state index contributed by atoms with van der Waals surface area (Å²) in [5, 5.41) is 2.89. The lowest BCUT2D eigenvalue weighted by molar-refractivity contribution is -0.121. The Morgan fingerprint density at radius 1 is 1.16 bits per heavy atom. The molecule has 164 valence electrons. The van der Waals surface area contributed by atoms with Gasteiger partial charge in [0.1, 0.15) is 5.75 Å². The maximum absolute atomic E-state index is 12.6. The number of pyridine rings is 1. The van der Waals surface area contributed by atoms with E-state index in [2.05, 4.69) is 17.4 Å².